The summed E-state index contributed by atoms with van der Waals surface area (Å²) in [5, 5.41) is 15.8. The SMILES string of the molecule is Cc1cc(C)n(-c2n[nH]c(=S)n2/N=C\c2ccccc2Br)n1. The number of H-pyrrole nitrogens is 1. The first-order chi connectivity index (χ1) is 10.6. The highest BCUT2D eigenvalue weighted by Crippen LogP contribution is 2.14. The van der Waals surface area contributed by atoms with Crippen LogP contribution < -0.4 is 0 Å². The Morgan fingerprint density at radius 2 is 2.09 bits per heavy atom. The van der Waals surface area contributed by atoms with Gasteiger partial charge in [0.05, 0.1) is 11.9 Å². The van der Waals surface area contributed by atoms with Gasteiger partial charge in [0.1, 0.15) is 0 Å². The Morgan fingerprint density at radius 1 is 1.32 bits per heavy atom. The molecule has 3 aromatic rings. The van der Waals surface area contributed by atoms with Gasteiger partial charge < -0.3 is 0 Å². The van der Waals surface area contributed by atoms with E-state index in [0.717, 1.165) is 21.4 Å². The number of nitrogens with zero attached hydrogens (tertiary/aromatic N) is 5. The zero-order valence-electron chi connectivity index (χ0n) is 12.0. The van der Waals surface area contributed by atoms with Crippen molar-refractivity contribution in [1.82, 2.24) is 24.7 Å². The zero-order valence-corrected chi connectivity index (χ0v) is 14.4. The van der Waals surface area contributed by atoms with Crippen molar-refractivity contribution < 1.29 is 0 Å². The fourth-order valence-electron chi connectivity index (χ4n) is 2.06. The summed E-state index contributed by atoms with van der Waals surface area (Å²) in [6.45, 7) is 3.89. The van der Waals surface area contributed by atoms with Crippen molar-refractivity contribution in [2.24, 2.45) is 5.10 Å². The Bertz CT molecular complexity index is 904. The van der Waals surface area contributed by atoms with Gasteiger partial charge in [-0.1, -0.05) is 34.1 Å². The summed E-state index contributed by atoms with van der Waals surface area (Å²) in [6, 6.07) is 9.78. The predicted octanol–water partition coefficient (Wildman–Crippen LogP) is 3.39. The quantitative estimate of drug-likeness (QED) is 0.562. The van der Waals surface area contributed by atoms with E-state index in [2.05, 4.69) is 36.3 Å². The number of rotatable bonds is 3. The third-order valence-electron chi connectivity index (χ3n) is 3.05. The summed E-state index contributed by atoms with van der Waals surface area (Å²) in [6.07, 6.45) is 1.73. The molecule has 22 heavy (non-hydrogen) atoms. The summed E-state index contributed by atoms with van der Waals surface area (Å²) in [5.74, 6) is 0.527. The molecule has 0 spiro atoms. The zero-order chi connectivity index (χ0) is 15.7. The molecule has 0 unspecified atom stereocenters. The van der Waals surface area contributed by atoms with E-state index in [1.807, 2.05) is 44.2 Å². The van der Waals surface area contributed by atoms with Crippen molar-refractivity contribution in [1.29, 1.82) is 0 Å². The summed E-state index contributed by atoms with van der Waals surface area (Å²) in [5.41, 5.74) is 2.82. The Morgan fingerprint density at radius 3 is 2.77 bits per heavy atom. The molecule has 0 fully saturated rings. The Labute approximate surface area is 140 Å². The fraction of sp³-hybridized carbons (Fsp3) is 0.143. The largest absolute Gasteiger partial charge is 0.271 e. The molecule has 6 nitrogen and oxygen atoms in total. The average Bonchev–Trinajstić information content (AvgIpc) is 3.00. The molecule has 0 aliphatic heterocycles. The lowest BCUT2D eigenvalue weighted by atomic mass is 10.2. The standard InChI is InChI=1S/C14H13BrN6S/c1-9-7-10(2)20(19-9)13-17-18-14(22)21(13)16-8-11-5-3-4-6-12(11)15/h3-8H,1-2H3,(H,18,22)/b16-8-. The summed E-state index contributed by atoms with van der Waals surface area (Å²) in [7, 11) is 0. The van der Waals surface area contributed by atoms with E-state index in [9.17, 15) is 0 Å². The van der Waals surface area contributed by atoms with Crippen molar-refractivity contribution >= 4 is 34.4 Å². The molecule has 0 radical (unpaired) electrons. The third-order valence-corrected chi connectivity index (χ3v) is 4.04. The molecule has 2 heterocycles. The van der Waals surface area contributed by atoms with Gasteiger partial charge in [-0.25, -0.2) is 9.78 Å². The van der Waals surface area contributed by atoms with Gasteiger partial charge >= 0.3 is 0 Å². The summed E-state index contributed by atoms with van der Waals surface area (Å²) < 4.78 is 4.63. The third kappa shape index (κ3) is 2.79. The normalized spacial score (nSPS) is 11.4. The number of aromatic amines is 1. The topological polar surface area (TPSA) is 63.8 Å². The van der Waals surface area contributed by atoms with Crippen LogP contribution in [0, 0.1) is 18.6 Å². The lowest BCUT2D eigenvalue weighted by molar-refractivity contribution is 0.714. The monoisotopic (exact) mass is 376 g/mol. The molecular formula is C14H13BrN6S. The molecule has 0 saturated heterocycles. The van der Waals surface area contributed by atoms with Crippen LogP contribution in [0.25, 0.3) is 5.95 Å². The van der Waals surface area contributed by atoms with E-state index in [4.69, 9.17) is 12.2 Å². The Balaban J connectivity index is 2.06. The van der Waals surface area contributed by atoms with Gasteiger partial charge in [-0.3, -0.25) is 0 Å². The maximum Gasteiger partial charge on any atom is 0.271 e. The van der Waals surface area contributed by atoms with E-state index in [1.54, 1.807) is 15.6 Å². The number of benzene rings is 1. The molecule has 0 aliphatic rings. The minimum absolute atomic E-state index is 0.408. The molecule has 0 amide bonds. The lowest BCUT2D eigenvalue weighted by Crippen LogP contribution is -2.07. The Hall–Kier alpha value is -2.06. The van der Waals surface area contributed by atoms with Crippen molar-refractivity contribution in [3.63, 3.8) is 0 Å². The number of nitrogens with one attached hydrogen (secondary N) is 1. The minimum Gasteiger partial charge on any atom is -0.248 e. The van der Waals surface area contributed by atoms with Gasteiger partial charge in [-0.05, 0) is 38.2 Å². The smallest absolute Gasteiger partial charge is 0.248 e. The van der Waals surface area contributed by atoms with E-state index < -0.39 is 0 Å². The van der Waals surface area contributed by atoms with Gasteiger partial charge in [-0.15, -0.1) is 5.10 Å². The highest BCUT2D eigenvalue weighted by Gasteiger charge is 2.11. The fourth-order valence-corrected chi connectivity index (χ4v) is 2.62. The van der Waals surface area contributed by atoms with Crippen molar-refractivity contribution in [2.75, 3.05) is 0 Å². The molecule has 0 saturated carbocycles. The van der Waals surface area contributed by atoms with Crippen molar-refractivity contribution in [3.05, 3.63) is 56.5 Å². The maximum atomic E-state index is 5.25. The van der Waals surface area contributed by atoms with Crippen molar-refractivity contribution in [2.45, 2.75) is 13.8 Å². The second-order valence-electron chi connectivity index (χ2n) is 4.75. The van der Waals surface area contributed by atoms with Crippen LogP contribution in [0.5, 0.6) is 0 Å². The second-order valence-corrected chi connectivity index (χ2v) is 5.99. The first-order valence-corrected chi connectivity index (χ1v) is 7.76. The van der Waals surface area contributed by atoms with Crippen LogP contribution in [-0.2, 0) is 0 Å². The van der Waals surface area contributed by atoms with Crippen LogP contribution in [0.2, 0.25) is 0 Å². The van der Waals surface area contributed by atoms with Crippen LogP contribution >= 0.6 is 28.1 Å². The number of halogens is 1. The number of hydrogen-bond acceptors (Lipinski definition) is 4. The molecule has 3 rings (SSSR count). The lowest BCUT2D eigenvalue weighted by Gasteiger charge is -2.03. The molecule has 1 N–H and O–H groups in total. The van der Waals surface area contributed by atoms with E-state index in [0.29, 0.717) is 10.7 Å². The number of hydrogen-bond donors (Lipinski definition) is 1. The molecule has 0 aliphatic carbocycles. The Kier molecular flexibility index (Phi) is 4.04. The van der Waals surface area contributed by atoms with E-state index >= 15 is 0 Å². The highest BCUT2D eigenvalue weighted by atomic mass is 79.9. The molecule has 0 bridgehead atoms. The minimum atomic E-state index is 0.408. The van der Waals surface area contributed by atoms with Gasteiger partial charge in [-0.2, -0.15) is 14.9 Å². The maximum absolute atomic E-state index is 5.25. The summed E-state index contributed by atoms with van der Waals surface area (Å²) in [4.78, 5) is 0. The van der Waals surface area contributed by atoms with E-state index in [1.165, 1.54) is 0 Å². The van der Waals surface area contributed by atoms with Crippen LogP contribution in [-0.4, -0.2) is 30.9 Å². The molecule has 1 aromatic carbocycles. The van der Waals surface area contributed by atoms with E-state index in [-0.39, 0.29) is 0 Å². The molecule has 8 heteroatoms. The van der Waals surface area contributed by atoms with Gasteiger partial charge in [0.15, 0.2) is 0 Å². The molecule has 0 atom stereocenters. The highest BCUT2D eigenvalue weighted by molar-refractivity contribution is 9.10. The van der Waals surface area contributed by atoms with Crippen LogP contribution in [0.4, 0.5) is 0 Å². The average molecular weight is 377 g/mol. The number of aryl methyl sites for hydroxylation is 2. The van der Waals surface area contributed by atoms with Crippen LogP contribution in [0.1, 0.15) is 17.0 Å². The second kappa shape index (κ2) is 5.98. The summed E-state index contributed by atoms with van der Waals surface area (Å²) >= 11 is 8.74. The molecule has 112 valence electrons. The van der Waals surface area contributed by atoms with Gasteiger partial charge in [0.25, 0.3) is 5.95 Å². The predicted molar refractivity (Wildman–Crippen MR) is 91.1 cm³/mol. The molecular weight excluding hydrogens is 364 g/mol. The van der Waals surface area contributed by atoms with Crippen LogP contribution in [0.3, 0.4) is 0 Å². The van der Waals surface area contributed by atoms with Crippen LogP contribution in [0.15, 0.2) is 39.9 Å². The first kappa shape index (κ1) is 14.9. The van der Waals surface area contributed by atoms with Crippen molar-refractivity contribution in [3.8, 4) is 5.95 Å². The van der Waals surface area contributed by atoms with Gasteiger partial charge in [0.2, 0.25) is 4.77 Å². The number of aromatic nitrogens is 5. The first-order valence-electron chi connectivity index (χ1n) is 6.56. The molecule has 2 aromatic heterocycles. The van der Waals surface area contributed by atoms with Gasteiger partial charge in [0, 0.05) is 15.7 Å².